The van der Waals surface area contributed by atoms with Gasteiger partial charge in [-0.3, -0.25) is 0 Å². The van der Waals surface area contributed by atoms with Crippen LogP contribution in [0.25, 0.3) is 0 Å². The van der Waals surface area contributed by atoms with Crippen molar-refractivity contribution in [3.63, 3.8) is 0 Å². The lowest BCUT2D eigenvalue weighted by Gasteiger charge is -2.27. The molecule has 0 amide bonds. The smallest absolute Gasteiger partial charge is 0.0400 e. The first kappa shape index (κ1) is 14.3. The van der Waals surface area contributed by atoms with Crippen LogP contribution in [0, 0.1) is 0 Å². The normalized spacial score (nSPS) is 13.9. The van der Waals surface area contributed by atoms with Gasteiger partial charge in [-0.15, -0.1) is 11.8 Å². The summed E-state index contributed by atoms with van der Waals surface area (Å²) < 4.78 is 0. The number of aryl methyl sites for hydroxylation is 1. The van der Waals surface area contributed by atoms with Gasteiger partial charge < -0.3 is 10.2 Å². The van der Waals surface area contributed by atoms with E-state index in [1.807, 2.05) is 0 Å². The first-order valence-electron chi connectivity index (χ1n) is 7.47. The van der Waals surface area contributed by atoms with E-state index >= 15 is 0 Å². The Morgan fingerprint density at radius 1 is 1.14 bits per heavy atom. The van der Waals surface area contributed by atoms with Crippen molar-refractivity contribution >= 4 is 23.1 Å². The van der Waals surface area contributed by atoms with Crippen molar-refractivity contribution < 1.29 is 0 Å². The average molecular weight is 298 g/mol. The van der Waals surface area contributed by atoms with Crippen molar-refractivity contribution in [2.24, 2.45) is 0 Å². The highest BCUT2D eigenvalue weighted by Gasteiger charge is 2.13. The molecule has 110 valence electrons. The number of rotatable bonds is 4. The molecule has 0 aliphatic carbocycles. The number of benzene rings is 2. The highest BCUT2D eigenvalue weighted by Crippen LogP contribution is 2.27. The molecule has 0 saturated carbocycles. The molecule has 3 rings (SSSR count). The van der Waals surface area contributed by atoms with Gasteiger partial charge in [0, 0.05) is 36.4 Å². The van der Waals surface area contributed by atoms with E-state index in [1.165, 1.54) is 46.8 Å². The van der Waals surface area contributed by atoms with Crippen LogP contribution in [-0.2, 0) is 13.0 Å². The highest BCUT2D eigenvalue weighted by molar-refractivity contribution is 7.98. The number of nitrogens with zero attached hydrogens (tertiary/aromatic N) is 1. The molecule has 1 aliphatic heterocycles. The van der Waals surface area contributed by atoms with Gasteiger partial charge in [-0.1, -0.05) is 12.1 Å². The third-order valence-electron chi connectivity index (χ3n) is 4.08. The fourth-order valence-corrected chi connectivity index (χ4v) is 3.27. The number of hydrogen-bond acceptors (Lipinski definition) is 3. The first-order valence-corrected chi connectivity index (χ1v) is 8.69. The monoisotopic (exact) mass is 298 g/mol. The number of fused-ring (bicyclic) bond motifs is 1. The fraction of sp³-hybridized carbons (Fsp3) is 0.333. The molecule has 0 fully saturated rings. The van der Waals surface area contributed by atoms with E-state index in [4.69, 9.17) is 0 Å². The van der Waals surface area contributed by atoms with Gasteiger partial charge in [-0.2, -0.15) is 0 Å². The lowest BCUT2D eigenvalue weighted by Crippen LogP contribution is -2.24. The molecule has 1 N–H and O–H groups in total. The van der Waals surface area contributed by atoms with Gasteiger partial charge in [0.05, 0.1) is 0 Å². The molecule has 0 aromatic heterocycles. The van der Waals surface area contributed by atoms with Crippen molar-refractivity contribution in [1.29, 1.82) is 0 Å². The van der Waals surface area contributed by atoms with Crippen LogP contribution in [0.4, 0.5) is 11.4 Å². The Balaban J connectivity index is 1.67. The molecule has 1 heterocycles. The molecule has 1 aliphatic rings. The molecule has 0 radical (unpaired) electrons. The van der Waals surface area contributed by atoms with E-state index in [0.717, 1.165) is 6.54 Å². The Labute approximate surface area is 131 Å². The fourth-order valence-electron chi connectivity index (χ4n) is 2.86. The number of hydrogen-bond donors (Lipinski definition) is 1. The van der Waals surface area contributed by atoms with Crippen molar-refractivity contribution in [1.82, 2.24) is 0 Å². The summed E-state index contributed by atoms with van der Waals surface area (Å²) in [5.41, 5.74) is 5.43. The van der Waals surface area contributed by atoms with Crippen LogP contribution >= 0.6 is 11.8 Å². The van der Waals surface area contributed by atoms with E-state index in [1.54, 1.807) is 11.8 Å². The Hall–Kier alpha value is -1.61. The Morgan fingerprint density at radius 3 is 2.71 bits per heavy atom. The molecule has 0 unspecified atom stereocenters. The Bertz CT molecular complexity index is 607. The van der Waals surface area contributed by atoms with Crippen molar-refractivity contribution in [3.05, 3.63) is 53.6 Å². The maximum absolute atomic E-state index is 3.51. The van der Waals surface area contributed by atoms with E-state index in [0.29, 0.717) is 0 Å². The summed E-state index contributed by atoms with van der Waals surface area (Å²) in [6, 6.07) is 15.5. The van der Waals surface area contributed by atoms with Gasteiger partial charge in [0.2, 0.25) is 0 Å². The molecule has 0 bridgehead atoms. The first-order chi connectivity index (χ1) is 10.3. The lowest BCUT2D eigenvalue weighted by molar-refractivity contribution is 0.743. The lowest BCUT2D eigenvalue weighted by atomic mass is 9.99. The van der Waals surface area contributed by atoms with Gasteiger partial charge in [-0.05, 0) is 60.6 Å². The summed E-state index contributed by atoms with van der Waals surface area (Å²) in [5, 5.41) is 3.51. The standard InChI is InChI=1S/C18H22N2S/c1-20-11-3-4-15-12-14(5-10-18(15)20)13-19-16-6-8-17(21-2)9-7-16/h5-10,12,19H,3-4,11,13H2,1-2H3. The minimum absolute atomic E-state index is 0.885. The zero-order chi connectivity index (χ0) is 14.7. The molecule has 0 atom stereocenters. The summed E-state index contributed by atoms with van der Waals surface area (Å²) >= 11 is 1.78. The zero-order valence-electron chi connectivity index (χ0n) is 12.7. The van der Waals surface area contributed by atoms with Crippen LogP contribution in [0.5, 0.6) is 0 Å². The second kappa shape index (κ2) is 6.44. The van der Waals surface area contributed by atoms with Crippen LogP contribution in [0.15, 0.2) is 47.4 Å². The molecule has 3 heteroatoms. The molecule has 21 heavy (non-hydrogen) atoms. The predicted molar refractivity (Wildman–Crippen MR) is 93.6 cm³/mol. The quantitative estimate of drug-likeness (QED) is 0.842. The summed E-state index contributed by atoms with van der Waals surface area (Å²) in [7, 11) is 2.18. The summed E-state index contributed by atoms with van der Waals surface area (Å²) in [6.07, 6.45) is 4.57. The van der Waals surface area contributed by atoms with E-state index in [2.05, 4.69) is 66.0 Å². The van der Waals surface area contributed by atoms with Crippen molar-refractivity contribution in [3.8, 4) is 0 Å². The topological polar surface area (TPSA) is 15.3 Å². The maximum atomic E-state index is 3.51. The summed E-state index contributed by atoms with van der Waals surface area (Å²) in [5.74, 6) is 0. The third-order valence-corrected chi connectivity index (χ3v) is 4.83. The largest absolute Gasteiger partial charge is 0.381 e. The molecule has 2 aromatic rings. The average Bonchev–Trinajstić information content (AvgIpc) is 2.53. The summed E-state index contributed by atoms with van der Waals surface area (Å²) in [4.78, 5) is 3.66. The van der Waals surface area contributed by atoms with Crippen LogP contribution in [-0.4, -0.2) is 19.8 Å². The zero-order valence-corrected chi connectivity index (χ0v) is 13.5. The maximum Gasteiger partial charge on any atom is 0.0400 e. The molecule has 0 saturated heterocycles. The minimum Gasteiger partial charge on any atom is -0.381 e. The molecular weight excluding hydrogens is 276 g/mol. The SMILES string of the molecule is CSc1ccc(NCc2ccc3c(c2)CCCN3C)cc1. The molecule has 2 aromatic carbocycles. The van der Waals surface area contributed by atoms with E-state index < -0.39 is 0 Å². The van der Waals surface area contributed by atoms with Crippen LogP contribution in [0.2, 0.25) is 0 Å². The van der Waals surface area contributed by atoms with Crippen LogP contribution in [0.3, 0.4) is 0 Å². The predicted octanol–water partition coefficient (Wildman–Crippen LogP) is 4.40. The molecular formula is C18H22N2S. The summed E-state index contributed by atoms with van der Waals surface area (Å²) in [6.45, 7) is 2.06. The van der Waals surface area contributed by atoms with E-state index in [-0.39, 0.29) is 0 Å². The van der Waals surface area contributed by atoms with Gasteiger partial charge in [0.25, 0.3) is 0 Å². The van der Waals surface area contributed by atoms with Crippen LogP contribution in [0.1, 0.15) is 17.5 Å². The highest BCUT2D eigenvalue weighted by atomic mass is 32.2. The van der Waals surface area contributed by atoms with Crippen LogP contribution < -0.4 is 10.2 Å². The Morgan fingerprint density at radius 2 is 1.95 bits per heavy atom. The second-order valence-electron chi connectivity index (χ2n) is 5.57. The van der Waals surface area contributed by atoms with Crippen molar-refractivity contribution in [2.75, 3.05) is 30.1 Å². The number of thioether (sulfide) groups is 1. The molecule has 2 nitrogen and oxygen atoms in total. The van der Waals surface area contributed by atoms with E-state index in [9.17, 15) is 0 Å². The number of nitrogens with one attached hydrogen (secondary N) is 1. The van der Waals surface area contributed by atoms with Gasteiger partial charge in [0.1, 0.15) is 0 Å². The third kappa shape index (κ3) is 3.35. The molecule has 0 spiro atoms. The Kier molecular flexibility index (Phi) is 4.39. The van der Waals surface area contributed by atoms with Gasteiger partial charge in [0.15, 0.2) is 0 Å². The number of anilines is 2. The van der Waals surface area contributed by atoms with Gasteiger partial charge >= 0.3 is 0 Å². The van der Waals surface area contributed by atoms with Gasteiger partial charge in [-0.25, -0.2) is 0 Å². The minimum atomic E-state index is 0.885. The van der Waals surface area contributed by atoms with Crippen molar-refractivity contribution in [2.45, 2.75) is 24.3 Å². The second-order valence-corrected chi connectivity index (χ2v) is 6.45.